The third-order valence-electron chi connectivity index (χ3n) is 3.35. The number of esters is 1. The van der Waals surface area contributed by atoms with E-state index in [0.29, 0.717) is 29.9 Å². The van der Waals surface area contributed by atoms with Crippen molar-refractivity contribution in [3.63, 3.8) is 0 Å². The molecule has 0 heterocycles. The highest BCUT2D eigenvalue weighted by atomic mass is 35.5. The van der Waals surface area contributed by atoms with E-state index in [1.54, 1.807) is 19.1 Å². The summed E-state index contributed by atoms with van der Waals surface area (Å²) in [4.78, 5) is 11.8. The summed E-state index contributed by atoms with van der Waals surface area (Å²) in [6.45, 7) is 6.49. The van der Waals surface area contributed by atoms with Crippen LogP contribution in [0.5, 0.6) is 11.5 Å². The first kappa shape index (κ1) is 19.1. The molecule has 134 valence electrons. The van der Waals surface area contributed by atoms with E-state index < -0.39 is 6.10 Å². The van der Waals surface area contributed by atoms with Gasteiger partial charge in [-0.2, -0.15) is 0 Å². The first-order chi connectivity index (χ1) is 11.9. The fraction of sp³-hybridized carbons (Fsp3) is 0.350. The molecule has 2 aromatic rings. The smallest absolute Gasteiger partial charge is 0.347 e. The molecule has 0 aliphatic heterocycles. The molecule has 0 amide bonds. The van der Waals surface area contributed by atoms with Crippen molar-refractivity contribution < 1.29 is 19.0 Å². The second-order valence-corrected chi connectivity index (χ2v) is 6.61. The fourth-order valence-electron chi connectivity index (χ4n) is 1.98. The van der Waals surface area contributed by atoms with Crippen LogP contribution in [0, 0.1) is 5.92 Å². The van der Waals surface area contributed by atoms with Crippen molar-refractivity contribution in [3.05, 3.63) is 59.1 Å². The Hall–Kier alpha value is -2.20. The van der Waals surface area contributed by atoms with Gasteiger partial charge in [0.2, 0.25) is 0 Å². The van der Waals surface area contributed by atoms with Gasteiger partial charge in [-0.3, -0.25) is 0 Å². The SMILES string of the molecule is CC(C)COC(=O)C(C)Oc1ccc(COc2ccc(Cl)cc2)cc1. The third-order valence-corrected chi connectivity index (χ3v) is 3.60. The number of benzene rings is 2. The van der Waals surface area contributed by atoms with E-state index in [1.807, 2.05) is 50.2 Å². The molecule has 0 radical (unpaired) electrons. The van der Waals surface area contributed by atoms with Crippen LogP contribution in [-0.4, -0.2) is 18.7 Å². The van der Waals surface area contributed by atoms with Gasteiger partial charge < -0.3 is 14.2 Å². The number of hydrogen-bond donors (Lipinski definition) is 0. The highest BCUT2D eigenvalue weighted by molar-refractivity contribution is 6.30. The summed E-state index contributed by atoms with van der Waals surface area (Å²) in [6.07, 6.45) is -0.644. The topological polar surface area (TPSA) is 44.8 Å². The Balaban J connectivity index is 1.82. The summed E-state index contributed by atoms with van der Waals surface area (Å²) in [5.74, 6) is 1.32. The maximum atomic E-state index is 11.8. The van der Waals surface area contributed by atoms with Gasteiger partial charge in [0.15, 0.2) is 6.10 Å². The van der Waals surface area contributed by atoms with Gasteiger partial charge in [-0.1, -0.05) is 37.6 Å². The lowest BCUT2D eigenvalue weighted by atomic mass is 10.2. The summed E-state index contributed by atoms with van der Waals surface area (Å²) in [6, 6.07) is 14.6. The van der Waals surface area contributed by atoms with Gasteiger partial charge in [0.05, 0.1) is 6.61 Å². The van der Waals surface area contributed by atoms with Gasteiger partial charge in [0, 0.05) is 5.02 Å². The zero-order valence-electron chi connectivity index (χ0n) is 14.7. The minimum absolute atomic E-state index is 0.302. The molecule has 1 atom stereocenters. The Morgan fingerprint density at radius 1 is 0.960 bits per heavy atom. The van der Waals surface area contributed by atoms with Crippen molar-refractivity contribution in [1.29, 1.82) is 0 Å². The largest absolute Gasteiger partial charge is 0.489 e. The predicted molar refractivity (Wildman–Crippen MR) is 98.1 cm³/mol. The molecular weight excluding hydrogens is 340 g/mol. The van der Waals surface area contributed by atoms with Crippen LogP contribution in [-0.2, 0) is 16.1 Å². The van der Waals surface area contributed by atoms with Gasteiger partial charge in [0.25, 0.3) is 0 Å². The van der Waals surface area contributed by atoms with Gasteiger partial charge in [-0.05, 0) is 54.8 Å². The second-order valence-electron chi connectivity index (χ2n) is 6.17. The maximum Gasteiger partial charge on any atom is 0.347 e. The standard InChI is InChI=1S/C20H23ClO4/c1-14(2)12-24-20(22)15(3)25-19-8-4-16(5-9-19)13-23-18-10-6-17(21)7-11-18/h4-11,14-15H,12-13H2,1-3H3. The van der Waals surface area contributed by atoms with Crippen LogP contribution in [0.3, 0.4) is 0 Å². The Morgan fingerprint density at radius 2 is 1.56 bits per heavy atom. The fourth-order valence-corrected chi connectivity index (χ4v) is 2.11. The van der Waals surface area contributed by atoms with E-state index in [2.05, 4.69) is 0 Å². The number of halogens is 1. The molecule has 1 unspecified atom stereocenters. The zero-order chi connectivity index (χ0) is 18.2. The number of ether oxygens (including phenoxy) is 3. The van der Waals surface area contributed by atoms with Crippen molar-refractivity contribution >= 4 is 17.6 Å². The van der Waals surface area contributed by atoms with Gasteiger partial charge in [0.1, 0.15) is 18.1 Å². The third kappa shape index (κ3) is 6.67. The first-order valence-corrected chi connectivity index (χ1v) is 8.62. The molecule has 2 aromatic carbocycles. The summed E-state index contributed by atoms with van der Waals surface area (Å²) in [7, 11) is 0. The zero-order valence-corrected chi connectivity index (χ0v) is 15.5. The molecule has 0 aromatic heterocycles. The Labute approximate surface area is 153 Å². The van der Waals surface area contributed by atoms with Gasteiger partial charge in [-0.15, -0.1) is 0 Å². The molecule has 0 saturated heterocycles. The number of carbonyl (C=O) groups is 1. The van der Waals surface area contributed by atoms with Crippen LogP contribution < -0.4 is 9.47 Å². The molecular formula is C20H23ClO4. The van der Waals surface area contributed by atoms with Crippen LogP contribution in [0.25, 0.3) is 0 Å². The lowest BCUT2D eigenvalue weighted by Gasteiger charge is -2.15. The minimum Gasteiger partial charge on any atom is -0.489 e. The molecule has 0 N–H and O–H groups in total. The van der Waals surface area contributed by atoms with Crippen LogP contribution in [0.1, 0.15) is 26.3 Å². The summed E-state index contributed by atoms with van der Waals surface area (Å²) >= 11 is 5.84. The van der Waals surface area contributed by atoms with Crippen LogP contribution in [0.2, 0.25) is 5.02 Å². The quantitative estimate of drug-likeness (QED) is 0.627. The van der Waals surface area contributed by atoms with E-state index >= 15 is 0 Å². The van der Waals surface area contributed by atoms with Crippen LogP contribution in [0.4, 0.5) is 0 Å². The molecule has 0 aliphatic carbocycles. The molecule has 0 saturated carbocycles. The summed E-state index contributed by atoms with van der Waals surface area (Å²) in [5, 5.41) is 0.676. The van der Waals surface area contributed by atoms with Crippen LogP contribution in [0.15, 0.2) is 48.5 Å². The maximum absolute atomic E-state index is 11.8. The summed E-state index contributed by atoms with van der Waals surface area (Å²) in [5.41, 5.74) is 0.998. The Kier molecular flexibility index (Phi) is 7.14. The molecule has 0 bridgehead atoms. The molecule has 0 fully saturated rings. The van der Waals surface area contributed by atoms with E-state index in [4.69, 9.17) is 25.8 Å². The monoisotopic (exact) mass is 362 g/mol. The Bertz CT molecular complexity index is 665. The van der Waals surface area contributed by atoms with Crippen LogP contribution >= 0.6 is 11.6 Å². The normalized spacial score (nSPS) is 11.9. The second kappa shape index (κ2) is 9.33. The van der Waals surface area contributed by atoms with Crippen molar-refractivity contribution in [1.82, 2.24) is 0 Å². The van der Waals surface area contributed by atoms with E-state index in [-0.39, 0.29) is 5.97 Å². The highest BCUT2D eigenvalue weighted by Crippen LogP contribution is 2.19. The number of carbonyl (C=O) groups excluding carboxylic acids is 1. The predicted octanol–water partition coefficient (Wildman–Crippen LogP) is 4.89. The van der Waals surface area contributed by atoms with Crippen molar-refractivity contribution in [2.75, 3.05) is 6.61 Å². The Morgan fingerprint density at radius 3 is 2.16 bits per heavy atom. The van der Waals surface area contributed by atoms with E-state index in [9.17, 15) is 4.79 Å². The lowest BCUT2D eigenvalue weighted by molar-refractivity contribution is -0.152. The molecule has 2 rings (SSSR count). The molecule has 0 spiro atoms. The minimum atomic E-state index is -0.644. The van der Waals surface area contributed by atoms with E-state index in [1.165, 1.54) is 0 Å². The molecule has 4 nitrogen and oxygen atoms in total. The average molecular weight is 363 g/mol. The van der Waals surface area contributed by atoms with Crippen molar-refractivity contribution in [2.24, 2.45) is 5.92 Å². The summed E-state index contributed by atoms with van der Waals surface area (Å²) < 4.78 is 16.5. The van der Waals surface area contributed by atoms with Gasteiger partial charge >= 0.3 is 5.97 Å². The number of hydrogen-bond acceptors (Lipinski definition) is 4. The van der Waals surface area contributed by atoms with Crippen molar-refractivity contribution in [3.8, 4) is 11.5 Å². The van der Waals surface area contributed by atoms with Crippen molar-refractivity contribution in [2.45, 2.75) is 33.5 Å². The van der Waals surface area contributed by atoms with Gasteiger partial charge in [-0.25, -0.2) is 4.79 Å². The first-order valence-electron chi connectivity index (χ1n) is 8.24. The lowest BCUT2D eigenvalue weighted by Crippen LogP contribution is -2.27. The molecule has 25 heavy (non-hydrogen) atoms. The van der Waals surface area contributed by atoms with E-state index in [0.717, 1.165) is 11.3 Å². The highest BCUT2D eigenvalue weighted by Gasteiger charge is 2.16. The average Bonchev–Trinajstić information content (AvgIpc) is 2.60. The molecule has 0 aliphatic rings. The molecule has 5 heteroatoms. The number of rotatable bonds is 8.